The molecule has 4 heteroatoms. The number of nitrogens with zero attached hydrogens (tertiary/aromatic N) is 3. The van der Waals surface area contributed by atoms with Crippen LogP contribution >= 0.6 is 0 Å². The summed E-state index contributed by atoms with van der Waals surface area (Å²) in [6.45, 7) is 11.5. The molecule has 0 aliphatic carbocycles. The van der Waals surface area contributed by atoms with E-state index in [0.29, 0.717) is 11.5 Å². The van der Waals surface area contributed by atoms with Crippen LogP contribution in [0.4, 0.5) is 0 Å². The van der Waals surface area contributed by atoms with Gasteiger partial charge in [0.15, 0.2) is 0 Å². The fourth-order valence-corrected chi connectivity index (χ4v) is 2.51. The third kappa shape index (κ3) is 3.33. The van der Waals surface area contributed by atoms with E-state index < -0.39 is 0 Å². The Morgan fingerprint density at radius 3 is 2.83 bits per heavy atom. The normalized spacial score (nSPS) is 22.3. The lowest BCUT2D eigenvalue weighted by Crippen LogP contribution is -2.56. The lowest BCUT2D eigenvalue weighted by molar-refractivity contribution is 0.135. The average Bonchev–Trinajstić information content (AvgIpc) is 2.72. The molecule has 1 aromatic rings. The molecule has 1 aromatic heterocycles. The first-order chi connectivity index (χ1) is 8.47. The van der Waals surface area contributed by atoms with Gasteiger partial charge in [-0.25, -0.2) is 0 Å². The van der Waals surface area contributed by atoms with Crippen molar-refractivity contribution in [3.63, 3.8) is 0 Å². The first kappa shape index (κ1) is 13.6. The second kappa shape index (κ2) is 5.41. The van der Waals surface area contributed by atoms with Gasteiger partial charge in [-0.1, -0.05) is 20.8 Å². The molecule has 0 amide bonds. The largest absolute Gasteiger partial charge is 0.311 e. The Morgan fingerprint density at radius 1 is 1.44 bits per heavy atom. The SMILES string of the molecule is Cn1nccc1CCN1CCNC(C(C)(C)C)C1. The molecule has 1 N–H and O–H groups in total. The molecule has 0 radical (unpaired) electrons. The van der Waals surface area contributed by atoms with Gasteiger partial charge in [0.1, 0.15) is 0 Å². The number of aromatic nitrogens is 2. The molecule has 1 atom stereocenters. The summed E-state index contributed by atoms with van der Waals surface area (Å²) in [5.41, 5.74) is 1.66. The van der Waals surface area contributed by atoms with Crippen molar-refractivity contribution < 1.29 is 0 Å². The Bertz CT molecular complexity index is 377. The molecule has 1 aliphatic heterocycles. The number of rotatable bonds is 3. The highest BCUT2D eigenvalue weighted by molar-refractivity contribution is 5.00. The summed E-state index contributed by atoms with van der Waals surface area (Å²) in [7, 11) is 2.02. The summed E-state index contributed by atoms with van der Waals surface area (Å²) in [6.07, 6.45) is 2.97. The molecule has 18 heavy (non-hydrogen) atoms. The summed E-state index contributed by atoms with van der Waals surface area (Å²) in [5.74, 6) is 0. The molecule has 0 spiro atoms. The quantitative estimate of drug-likeness (QED) is 0.877. The number of aryl methyl sites for hydroxylation is 1. The van der Waals surface area contributed by atoms with E-state index in [0.717, 1.165) is 32.6 Å². The van der Waals surface area contributed by atoms with Gasteiger partial charge in [-0.15, -0.1) is 0 Å². The lowest BCUT2D eigenvalue weighted by atomic mass is 9.85. The van der Waals surface area contributed by atoms with Crippen molar-refractivity contribution in [2.75, 3.05) is 26.2 Å². The van der Waals surface area contributed by atoms with Crippen molar-refractivity contribution >= 4 is 0 Å². The highest BCUT2D eigenvalue weighted by atomic mass is 15.3. The maximum Gasteiger partial charge on any atom is 0.0492 e. The maximum atomic E-state index is 4.22. The van der Waals surface area contributed by atoms with Crippen LogP contribution in [-0.2, 0) is 13.5 Å². The predicted molar refractivity (Wildman–Crippen MR) is 74.6 cm³/mol. The minimum absolute atomic E-state index is 0.338. The molecule has 0 bridgehead atoms. The first-order valence-electron chi connectivity index (χ1n) is 6.89. The van der Waals surface area contributed by atoms with Crippen molar-refractivity contribution in [2.45, 2.75) is 33.2 Å². The Kier molecular flexibility index (Phi) is 4.07. The highest BCUT2D eigenvalue weighted by Gasteiger charge is 2.28. The zero-order chi connectivity index (χ0) is 13.2. The Labute approximate surface area is 110 Å². The molecule has 1 unspecified atom stereocenters. The third-order valence-corrected chi connectivity index (χ3v) is 3.91. The van der Waals surface area contributed by atoms with Crippen LogP contribution in [0, 0.1) is 5.41 Å². The smallest absolute Gasteiger partial charge is 0.0492 e. The number of nitrogens with one attached hydrogen (secondary N) is 1. The first-order valence-corrected chi connectivity index (χ1v) is 6.89. The fourth-order valence-electron chi connectivity index (χ4n) is 2.51. The predicted octanol–water partition coefficient (Wildman–Crippen LogP) is 1.28. The molecule has 0 saturated carbocycles. The van der Waals surface area contributed by atoms with Crippen LogP contribution in [0.1, 0.15) is 26.5 Å². The van der Waals surface area contributed by atoms with Crippen LogP contribution in [0.25, 0.3) is 0 Å². The summed E-state index contributed by atoms with van der Waals surface area (Å²) in [4.78, 5) is 2.57. The number of hydrogen-bond acceptors (Lipinski definition) is 3. The Balaban J connectivity index is 1.85. The van der Waals surface area contributed by atoms with Gasteiger partial charge in [0, 0.05) is 57.6 Å². The topological polar surface area (TPSA) is 33.1 Å². The maximum absolute atomic E-state index is 4.22. The molecule has 2 rings (SSSR count). The summed E-state index contributed by atoms with van der Waals surface area (Å²) < 4.78 is 1.98. The summed E-state index contributed by atoms with van der Waals surface area (Å²) >= 11 is 0. The molecule has 0 aromatic carbocycles. The Morgan fingerprint density at radius 2 is 2.22 bits per heavy atom. The molecule has 1 fully saturated rings. The van der Waals surface area contributed by atoms with E-state index in [1.165, 1.54) is 5.69 Å². The number of piperazine rings is 1. The molecule has 102 valence electrons. The van der Waals surface area contributed by atoms with Crippen LogP contribution in [0.2, 0.25) is 0 Å². The average molecular weight is 250 g/mol. The minimum Gasteiger partial charge on any atom is -0.311 e. The highest BCUT2D eigenvalue weighted by Crippen LogP contribution is 2.21. The van der Waals surface area contributed by atoms with Gasteiger partial charge in [-0.3, -0.25) is 4.68 Å². The van der Waals surface area contributed by atoms with E-state index in [2.05, 4.69) is 42.2 Å². The third-order valence-electron chi connectivity index (χ3n) is 3.91. The van der Waals surface area contributed by atoms with E-state index in [9.17, 15) is 0 Å². The van der Waals surface area contributed by atoms with Gasteiger partial charge < -0.3 is 10.2 Å². The van der Waals surface area contributed by atoms with Crippen molar-refractivity contribution in [3.8, 4) is 0 Å². The van der Waals surface area contributed by atoms with E-state index in [4.69, 9.17) is 0 Å². The van der Waals surface area contributed by atoms with Gasteiger partial charge in [0.25, 0.3) is 0 Å². The van der Waals surface area contributed by atoms with Gasteiger partial charge in [-0.2, -0.15) is 5.10 Å². The van der Waals surface area contributed by atoms with Crippen LogP contribution in [-0.4, -0.2) is 46.9 Å². The van der Waals surface area contributed by atoms with E-state index in [-0.39, 0.29) is 0 Å². The molecule has 1 saturated heterocycles. The second-order valence-corrected chi connectivity index (χ2v) is 6.37. The molecule has 4 nitrogen and oxygen atoms in total. The van der Waals surface area contributed by atoms with Crippen molar-refractivity contribution in [1.29, 1.82) is 0 Å². The minimum atomic E-state index is 0.338. The second-order valence-electron chi connectivity index (χ2n) is 6.37. The van der Waals surface area contributed by atoms with Crippen LogP contribution in [0.15, 0.2) is 12.3 Å². The number of hydrogen-bond donors (Lipinski definition) is 1. The lowest BCUT2D eigenvalue weighted by Gasteiger charge is -2.40. The van der Waals surface area contributed by atoms with Crippen LogP contribution < -0.4 is 5.32 Å². The van der Waals surface area contributed by atoms with Gasteiger partial charge in [0.2, 0.25) is 0 Å². The Hall–Kier alpha value is -0.870. The molecular weight excluding hydrogens is 224 g/mol. The van der Waals surface area contributed by atoms with Crippen molar-refractivity contribution in [1.82, 2.24) is 20.0 Å². The van der Waals surface area contributed by atoms with Crippen molar-refractivity contribution in [3.05, 3.63) is 18.0 Å². The van der Waals surface area contributed by atoms with Gasteiger partial charge in [0.05, 0.1) is 0 Å². The summed E-state index contributed by atoms with van der Waals surface area (Å²) in [6, 6.07) is 2.71. The van der Waals surface area contributed by atoms with Crippen LogP contribution in [0.5, 0.6) is 0 Å². The van der Waals surface area contributed by atoms with Crippen LogP contribution in [0.3, 0.4) is 0 Å². The van der Waals surface area contributed by atoms with Gasteiger partial charge >= 0.3 is 0 Å². The molecular formula is C14H26N4. The molecule has 2 heterocycles. The fraction of sp³-hybridized carbons (Fsp3) is 0.786. The standard InChI is InChI=1S/C14H26N4/c1-14(2,3)13-11-18(10-8-15-13)9-6-12-5-7-16-17(12)4/h5,7,13,15H,6,8-11H2,1-4H3. The monoisotopic (exact) mass is 250 g/mol. The molecule has 1 aliphatic rings. The van der Waals surface area contributed by atoms with E-state index in [1.807, 2.05) is 17.9 Å². The van der Waals surface area contributed by atoms with Gasteiger partial charge in [-0.05, 0) is 11.5 Å². The zero-order valence-corrected chi connectivity index (χ0v) is 12.1. The summed E-state index contributed by atoms with van der Waals surface area (Å²) in [5, 5.41) is 7.85. The van der Waals surface area contributed by atoms with E-state index in [1.54, 1.807) is 0 Å². The zero-order valence-electron chi connectivity index (χ0n) is 12.1. The van der Waals surface area contributed by atoms with E-state index >= 15 is 0 Å². The van der Waals surface area contributed by atoms with Crippen molar-refractivity contribution in [2.24, 2.45) is 12.5 Å².